The van der Waals surface area contributed by atoms with Crippen LogP contribution in [0, 0.1) is 26.7 Å². The van der Waals surface area contributed by atoms with Crippen LogP contribution < -0.4 is 0 Å². The molecule has 0 radical (unpaired) electrons. The molecule has 0 saturated carbocycles. The number of rotatable bonds is 16. The summed E-state index contributed by atoms with van der Waals surface area (Å²) in [5.41, 5.74) is 4.21. The zero-order valence-electron chi connectivity index (χ0n) is 33.0. The van der Waals surface area contributed by atoms with E-state index in [2.05, 4.69) is 0 Å². The third-order valence-corrected chi connectivity index (χ3v) is 8.07. The van der Waals surface area contributed by atoms with E-state index < -0.39 is 17.7 Å². The maximum atomic E-state index is 12.8. The van der Waals surface area contributed by atoms with Gasteiger partial charge in [-0.05, 0) is 144 Å². The summed E-state index contributed by atoms with van der Waals surface area (Å²) in [6, 6.07) is 14.6. The Labute approximate surface area is 342 Å². The molecule has 0 unspecified atom stereocenters. The van der Waals surface area contributed by atoms with Crippen molar-refractivity contribution in [1.82, 2.24) is 0 Å². The van der Waals surface area contributed by atoms with Gasteiger partial charge in [0.2, 0.25) is 0 Å². The first-order chi connectivity index (χ1) is 26.4. The Balaban J connectivity index is 0. The van der Waals surface area contributed by atoms with Gasteiger partial charge in [0.25, 0.3) is 0 Å². The number of esters is 2. The quantitative estimate of drug-likeness (QED) is 0.0268. The Hall–Kier alpha value is -6.30. The number of aliphatic hydroxyl groups is 1. The number of carbonyl (C=O) groups is 6. The highest BCUT2D eigenvalue weighted by molar-refractivity contribution is 6.07. The monoisotopic (exact) mass is 804 g/mol. The average Bonchev–Trinajstić information content (AvgIpc) is 3.14. The molecule has 0 aliphatic heterocycles. The van der Waals surface area contributed by atoms with Gasteiger partial charge in [0.15, 0.2) is 5.78 Å². The molecule has 58 heavy (non-hydrogen) atoms. The van der Waals surface area contributed by atoms with Crippen molar-refractivity contribution >= 4 is 47.7 Å². The van der Waals surface area contributed by atoms with Crippen molar-refractivity contribution < 1.29 is 58.7 Å². The van der Waals surface area contributed by atoms with Crippen molar-refractivity contribution in [2.24, 2.45) is 5.92 Å². The fraction of sp³-hybridized carbons (Fsp3) is 0.348. The zero-order chi connectivity index (χ0) is 42.4. The fourth-order valence-corrected chi connectivity index (χ4v) is 4.89. The molecule has 0 bridgehead atoms. The van der Waals surface area contributed by atoms with E-state index in [1.807, 2.05) is 0 Å². The zero-order valence-corrected chi connectivity index (χ0v) is 33.0. The average molecular weight is 805 g/mol. The summed E-state index contributed by atoms with van der Waals surface area (Å²) in [6.07, 6.45) is 7.02. The van der Waals surface area contributed by atoms with Gasteiger partial charge in [0.05, 0.1) is 19.1 Å². The van der Waals surface area contributed by atoms with Crippen molar-refractivity contribution in [3.05, 3.63) is 111 Å². The van der Waals surface area contributed by atoms with E-state index in [9.17, 15) is 44.1 Å². The van der Waals surface area contributed by atoms with Crippen molar-refractivity contribution in [3.8, 4) is 17.2 Å². The molecule has 0 heterocycles. The van der Waals surface area contributed by atoms with Crippen LogP contribution >= 0.6 is 0 Å². The Morgan fingerprint density at radius 3 is 1.41 bits per heavy atom. The van der Waals surface area contributed by atoms with Gasteiger partial charge in [0, 0.05) is 24.0 Å². The second-order valence-electron chi connectivity index (χ2n) is 12.6. The number of allylic oxidation sites excluding steroid dienone is 3. The molecule has 0 aliphatic rings. The lowest BCUT2D eigenvalue weighted by molar-refractivity contribution is -0.144. The molecule has 3 aromatic carbocycles. The van der Waals surface area contributed by atoms with E-state index in [-0.39, 0.29) is 93.3 Å². The number of phenols is 3. The Bertz CT molecular complexity index is 1920. The van der Waals surface area contributed by atoms with Gasteiger partial charge in [-0.25, -0.2) is 0 Å². The van der Waals surface area contributed by atoms with Gasteiger partial charge in [-0.1, -0.05) is 39.1 Å². The number of aryl methyl sites for hydroxylation is 3. The minimum Gasteiger partial charge on any atom is -0.508 e. The van der Waals surface area contributed by atoms with Gasteiger partial charge in [-0.3, -0.25) is 28.8 Å². The van der Waals surface area contributed by atoms with E-state index in [4.69, 9.17) is 14.6 Å². The van der Waals surface area contributed by atoms with Crippen molar-refractivity contribution in [2.75, 3.05) is 13.2 Å². The number of aliphatic hydroxyl groups excluding tert-OH is 1. The topological polar surface area (TPSA) is 202 Å². The number of aldehydes is 1. The van der Waals surface area contributed by atoms with E-state index in [0.717, 1.165) is 17.4 Å². The molecule has 12 heteroatoms. The molecule has 12 nitrogen and oxygen atoms in total. The lowest BCUT2D eigenvalue weighted by atomic mass is 9.95. The SMILES string of the molecule is C.C.CCOC(=O)CCC(C(=O)/C=C/c1ccc(O)c(C)c1)=C(O)/C=C/c1ccc(O)c(C)c1.CCOC(=O)CCC(C(C)=O)C(C)=O.Cc1cc(C=O)ccc1O. The van der Waals surface area contributed by atoms with Gasteiger partial charge < -0.3 is 29.9 Å². The largest absolute Gasteiger partial charge is 0.508 e. The third-order valence-electron chi connectivity index (χ3n) is 8.07. The highest BCUT2D eigenvalue weighted by Gasteiger charge is 2.20. The number of hydrogen-bond donors (Lipinski definition) is 4. The Kier molecular flexibility index (Phi) is 26.1. The highest BCUT2D eigenvalue weighted by Crippen LogP contribution is 2.21. The maximum absolute atomic E-state index is 12.8. The van der Waals surface area contributed by atoms with Crippen molar-refractivity contribution in [2.45, 2.75) is 89.0 Å². The Morgan fingerprint density at radius 2 is 1.02 bits per heavy atom. The minimum absolute atomic E-state index is 0. The molecular weight excluding hydrogens is 744 g/mol. The van der Waals surface area contributed by atoms with Crippen LogP contribution in [0.4, 0.5) is 0 Å². The van der Waals surface area contributed by atoms with Crippen LogP contribution in [-0.4, -0.2) is 69.2 Å². The van der Waals surface area contributed by atoms with Crippen LogP contribution in [0.3, 0.4) is 0 Å². The summed E-state index contributed by atoms with van der Waals surface area (Å²) in [6.45, 7) is 11.9. The Morgan fingerprint density at radius 1 is 0.621 bits per heavy atom. The standard InChI is InChI=1S/C26H28O6.C10H16O4.C8H8O2.2CH4/c1-4-32-26(31)14-9-21(24(29)12-7-19-5-10-22(27)17(2)15-19)25(30)13-8-20-6-11-23(28)18(3)16-20;1-4-14-10(13)6-5-9(7(2)11)8(3)12;1-6-4-7(5-9)2-3-8(6)10;;/h5-8,10-13,15-16,27-29H,4,9,14H2,1-3H3;9H,4-6H2,1-3H3;2-5,10H,1H3;2*1H4/b12-7+,13-8+,24-21?;;;;. The number of carbonyl (C=O) groups excluding carboxylic acids is 6. The molecule has 0 atom stereocenters. The molecule has 0 saturated heterocycles. The fourth-order valence-electron chi connectivity index (χ4n) is 4.89. The van der Waals surface area contributed by atoms with Crippen LogP contribution in [0.2, 0.25) is 0 Å². The maximum Gasteiger partial charge on any atom is 0.306 e. The van der Waals surface area contributed by atoms with Crippen LogP contribution in [0.15, 0.2) is 78.1 Å². The molecular formula is C46H60O12. The second-order valence-corrected chi connectivity index (χ2v) is 12.6. The number of ether oxygens (including phenoxy) is 2. The third kappa shape index (κ3) is 20.0. The summed E-state index contributed by atoms with van der Waals surface area (Å²) in [7, 11) is 0. The number of Topliss-reactive ketones (excluding diaryl/α,β-unsaturated/α-hetero) is 2. The molecule has 3 rings (SSSR count). The van der Waals surface area contributed by atoms with Crippen LogP contribution in [0.1, 0.15) is 106 Å². The predicted octanol–water partition coefficient (Wildman–Crippen LogP) is 9.07. The lowest BCUT2D eigenvalue weighted by Crippen LogP contribution is -2.20. The number of ketones is 3. The summed E-state index contributed by atoms with van der Waals surface area (Å²) in [5.74, 6) is -1.99. The lowest BCUT2D eigenvalue weighted by Gasteiger charge is -2.08. The van der Waals surface area contributed by atoms with Crippen molar-refractivity contribution in [3.63, 3.8) is 0 Å². The number of benzene rings is 3. The normalized spacial score (nSPS) is 10.8. The smallest absolute Gasteiger partial charge is 0.306 e. The number of phenolic OH excluding ortho intramolecular Hbond substituents is 3. The van der Waals surface area contributed by atoms with Gasteiger partial charge in [0.1, 0.15) is 40.9 Å². The van der Waals surface area contributed by atoms with Gasteiger partial charge in [-0.15, -0.1) is 0 Å². The van der Waals surface area contributed by atoms with Crippen LogP contribution in [-0.2, 0) is 33.4 Å². The first-order valence-electron chi connectivity index (χ1n) is 17.9. The molecule has 0 aromatic heterocycles. The molecule has 0 fully saturated rings. The first-order valence-corrected chi connectivity index (χ1v) is 17.9. The first kappa shape index (κ1) is 53.8. The summed E-state index contributed by atoms with van der Waals surface area (Å²) >= 11 is 0. The van der Waals surface area contributed by atoms with Crippen LogP contribution in [0.5, 0.6) is 17.2 Å². The van der Waals surface area contributed by atoms with E-state index >= 15 is 0 Å². The number of hydrogen-bond acceptors (Lipinski definition) is 12. The minimum atomic E-state index is -0.653. The highest BCUT2D eigenvalue weighted by atomic mass is 16.5. The molecule has 0 amide bonds. The van der Waals surface area contributed by atoms with Gasteiger partial charge >= 0.3 is 11.9 Å². The van der Waals surface area contributed by atoms with E-state index in [1.54, 1.807) is 89.2 Å². The molecule has 3 aromatic rings. The molecule has 4 N–H and O–H groups in total. The van der Waals surface area contributed by atoms with Gasteiger partial charge in [-0.2, -0.15) is 0 Å². The van der Waals surface area contributed by atoms with E-state index in [1.165, 1.54) is 38.1 Å². The molecule has 0 spiro atoms. The number of aromatic hydroxyl groups is 3. The van der Waals surface area contributed by atoms with Crippen molar-refractivity contribution in [1.29, 1.82) is 0 Å². The second kappa shape index (κ2) is 28.1. The summed E-state index contributed by atoms with van der Waals surface area (Å²) in [4.78, 5) is 67.7. The summed E-state index contributed by atoms with van der Waals surface area (Å²) < 4.78 is 9.61. The summed E-state index contributed by atoms with van der Waals surface area (Å²) in [5, 5.41) is 38.9. The molecule has 316 valence electrons. The van der Waals surface area contributed by atoms with E-state index in [0.29, 0.717) is 28.9 Å². The predicted molar refractivity (Wildman–Crippen MR) is 227 cm³/mol. The molecule has 0 aliphatic carbocycles. The van der Waals surface area contributed by atoms with Crippen LogP contribution in [0.25, 0.3) is 12.2 Å².